The van der Waals surface area contributed by atoms with Crippen LogP contribution in [0.2, 0.25) is 0 Å². The summed E-state index contributed by atoms with van der Waals surface area (Å²) in [4.78, 5) is 15.6. The molecule has 0 aromatic carbocycles. The van der Waals surface area contributed by atoms with Crippen molar-refractivity contribution < 1.29 is 4.79 Å². The van der Waals surface area contributed by atoms with Gasteiger partial charge in [-0.25, -0.2) is 6.57 Å². The molecule has 0 N–H and O–H groups in total. The van der Waals surface area contributed by atoms with Crippen molar-refractivity contribution in [2.45, 2.75) is 19.8 Å². The van der Waals surface area contributed by atoms with Crippen LogP contribution >= 0.6 is 0 Å². The van der Waals surface area contributed by atoms with Crippen LogP contribution < -0.4 is 0 Å². The third-order valence-electron chi connectivity index (χ3n) is 1.49. The number of rotatable bonds is 4. The average Bonchev–Trinajstić information content (AvgIpc) is 2.00. The molecule has 0 bridgehead atoms. The molecule has 0 saturated carbocycles. The number of amides is 1. The topological polar surface area (TPSA) is 24.7 Å². The van der Waals surface area contributed by atoms with Gasteiger partial charge in [0.25, 0.3) is 6.54 Å². The van der Waals surface area contributed by atoms with E-state index in [0.29, 0.717) is 0 Å². The maximum atomic E-state index is 11.0. The Kier molecular flexibility index (Phi) is 5.18. The first-order valence-corrected chi connectivity index (χ1v) is 3.79. The number of hydrogen-bond donors (Lipinski definition) is 0. The minimum absolute atomic E-state index is 0.0137. The molecule has 0 rings (SSSR count). The van der Waals surface area contributed by atoms with Crippen LogP contribution in [0.3, 0.4) is 0 Å². The predicted molar refractivity (Wildman–Crippen MR) is 44.0 cm³/mol. The van der Waals surface area contributed by atoms with Crippen LogP contribution in [-0.4, -0.2) is 30.9 Å². The van der Waals surface area contributed by atoms with Gasteiger partial charge in [-0.1, -0.05) is 13.3 Å². The highest BCUT2D eigenvalue weighted by Gasteiger charge is 2.08. The molecule has 0 aliphatic carbocycles. The fourth-order valence-corrected chi connectivity index (χ4v) is 0.708. The number of carbonyl (C=O) groups excluding carboxylic acids is 1. The maximum absolute atomic E-state index is 11.0. The van der Waals surface area contributed by atoms with Gasteiger partial charge >= 0.3 is 5.91 Å². The van der Waals surface area contributed by atoms with E-state index in [1.54, 1.807) is 11.9 Å². The molecule has 0 spiro atoms. The Morgan fingerprint density at radius 2 is 2.27 bits per heavy atom. The Labute approximate surface area is 67.8 Å². The van der Waals surface area contributed by atoms with Crippen LogP contribution in [0.4, 0.5) is 0 Å². The molecule has 0 aliphatic heterocycles. The van der Waals surface area contributed by atoms with E-state index in [0.717, 1.165) is 19.4 Å². The number of likely N-dealkylation sites (N-methyl/N-ethyl adjacent to an activating group) is 1. The molecule has 0 fully saturated rings. The zero-order valence-corrected chi connectivity index (χ0v) is 7.13. The van der Waals surface area contributed by atoms with Gasteiger partial charge in [-0.3, -0.25) is 4.79 Å². The van der Waals surface area contributed by atoms with Crippen molar-refractivity contribution in [3.63, 3.8) is 0 Å². The Morgan fingerprint density at radius 1 is 1.64 bits per heavy atom. The molecule has 0 radical (unpaired) electrons. The van der Waals surface area contributed by atoms with E-state index >= 15 is 0 Å². The van der Waals surface area contributed by atoms with Crippen molar-refractivity contribution in [2.24, 2.45) is 0 Å². The molecule has 0 heterocycles. The van der Waals surface area contributed by atoms with Gasteiger partial charge in [0, 0.05) is 13.6 Å². The van der Waals surface area contributed by atoms with Gasteiger partial charge in [0.05, 0.1) is 0 Å². The lowest BCUT2D eigenvalue weighted by atomic mass is 10.3. The van der Waals surface area contributed by atoms with Crippen LogP contribution in [-0.2, 0) is 4.79 Å². The van der Waals surface area contributed by atoms with Crippen LogP contribution in [0.15, 0.2) is 0 Å². The molecule has 62 valence electrons. The van der Waals surface area contributed by atoms with Crippen LogP contribution in [0, 0.1) is 6.57 Å². The van der Waals surface area contributed by atoms with Crippen molar-refractivity contribution in [1.29, 1.82) is 0 Å². The van der Waals surface area contributed by atoms with E-state index < -0.39 is 0 Å². The molecule has 0 aromatic rings. The van der Waals surface area contributed by atoms with Crippen LogP contribution in [0.25, 0.3) is 4.85 Å². The highest BCUT2D eigenvalue weighted by Crippen LogP contribution is 1.92. The van der Waals surface area contributed by atoms with E-state index in [-0.39, 0.29) is 12.5 Å². The van der Waals surface area contributed by atoms with Crippen molar-refractivity contribution in [1.82, 2.24) is 4.90 Å². The standard InChI is InChI=1S/C8H14N2O/c1-4-5-6-10(3)8(11)7-9-2/h4-7H2,1,3H3. The van der Waals surface area contributed by atoms with E-state index in [1.165, 1.54) is 0 Å². The summed E-state index contributed by atoms with van der Waals surface area (Å²) >= 11 is 0. The second-order valence-electron chi connectivity index (χ2n) is 2.49. The molecule has 0 atom stereocenters. The summed E-state index contributed by atoms with van der Waals surface area (Å²) in [6, 6.07) is 0. The van der Waals surface area contributed by atoms with E-state index in [4.69, 9.17) is 6.57 Å². The van der Waals surface area contributed by atoms with E-state index in [9.17, 15) is 4.79 Å². The number of nitrogens with zero attached hydrogens (tertiary/aromatic N) is 2. The minimum atomic E-state index is -0.0755. The van der Waals surface area contributed by atoms with Gasteiger partial charge in [-0.05, 0) is 6.42 Å². The van der Waals surface area contributed by atoms with E-state index in [2.05, 4.69) is 11.8 Å². The summed E-state index contributed by atoms with van der Waals surface area (Å²) in [5.74, 6) is -0.0755. The fourth-order valence-electron chi connectivity index (χ4n) is 0.708. The molecule has 0 unspecified atom stereocenters. The second-order valence-corrected chi connectivity index (χ2v) is 2.49. The third-order valence-corrected chi connectivity index (χ3v) is 1.49. The zero-order chi connectivity index (χ0) is 8.69. The van der Waals surface area contributed by atoms with Crippen LogP contribution in [0.1, 0.15) is 19.8 Å². The van der Waals surface area contributed by atoms with E-state index in [1.807, 2.05) is 0 Å². The van der Waals surface area contributed by atoms with Gasteiger partial charge in [-0.15, -0.1) is 0 Å². The highest BCUT2D eigenvalue weighted by atomic mass is 16.2. The lowest BCUT2D eigenvalue weighted by Gasteiger charge is -2.12. The Hall–Kier alpha value is -1.04. The van der Waals surface area contributed by atoms with Crippen LogP contribution in [0.5, 0.6) is 0 Å². The minimum Gasteiger partial charge on any atom is -0.339 e. The van der Waals surface area contributed by atoms with Gasteiger partial charge < -0.3 is 9.74 Å². The number of hydrogen-bond acceptors (Lipinski definition) is 1. The largest absolute Gasteiger partial charge is 0.339 e. The van der Waals surface area contributed by atoms with Gasteiger partial charge in [0.1, 0.15) is 0 Å². The number of unbranched alkanes of at least 4 members (excludes halogenated alkanes) is 1. The van der Waals surface area contributed by atoms with Gasteiger partial charge in [-0.2, -0.15) is 0 Å². The monoisotopic (exact) mass is 154 g/mol. The predicted octanol–water partition coefficient (Wildman–Crippen LogP) is 1.16. The van der Waals surface area contributed by atoms with Crippen molar-refractivity contribution >= 4 is 5.91 Å². The highest BCUT2D eigenvalue weighted by molar-refractivity contribution is 5.79. The van der Waals surface area contributed by atoms with Crippen molar-refractivity contribution in [3.8, 4) is 0 Å². The average molecular weight is 154 g/mol. The van der Waals surface area contributed by atoms with Crippen molar-refractivity contribution in [3.05, 3.63) is 11.4 Å². The first-order valence-electron chi connectivity index (χ1n) is 3.79. The molecular weight excluding hydrogens is 140 g/mol. The summed E-state index contributed by atoms with van der Waals surface area (Å²) in [6.45, 7) is 9.31. The molecule has 0 saturated heterocycles. The summed E-state index contributed by atoms with van der Waals surface area (Å²) in [7, 11) is 1.74. The quantitative estimate of drug-likeness (QED) is 0.558. The lowest BCUT2D eigenvalue weighted by molar-refractivity contribution is -0.127. The SMILES string of the molecule is [C-]#[N+]CC(=O)N(C)CCCC. The van der Waals surface area contributed by atoms with Crippen molar-refractivity contribution in [2.75, 3.05) is 20.1 Å². The Morgan fingerprint density at radius 3 is 2.73 bits per heavy atom. The first-order chi connectivity index (χ1) is 5.22. The third kappa shape index (κ3) is 4.38. The number of carbonyl (C=O) groups is 1. The normalized spacial score (nSPS) is 8.82. The summed E-state index contributed by atoms with van der Waals surface area (Å²) in [5, 5.41) is 0. The molecule has 1 amide bonds. The fraction of sp³-hybridized carbons (Fsp3) is 0.750. The molecule has 3 heteroatoms. The Balaban J connectivity index is 3.57. The van der Waals surface area contributed by atoms with Gasteiger partial charge in [0.15, 0.2) is 0 Å². The molecule has 0 aromatic heterocycles. The molecular formula is C8H14N2O. The molecule has 3 nitrogen and oxygen atoms in total. The smallest absolute Gasteiger partial charge is 0.302 e. The maximum Gasteiger partial charge on any atom is 0.302 e. The lowest BCUT2D eigenvalue weighted by Crippen LogP contribution is -2.29. The van der Waals surface area contributed by atoms with Gasteiger partial charge in [0.2, 0.25) is 0 Å². The summed E-state index contributed by atoms with van der Waals surface area (Å²) < 4.78 is 0. The molecule has 0 aliphatic rings. The summed E-state index contributed by atoms with van der Waals surface area (Å²) in [5.41, 5.74) is 0. The first kappa shape index (κ1) is 9.96. The zero-order valence-electron chi connectivity index (χ0n) is 7.13. The summed E-state index contributed by atoms with van der Waals surface area (Å²) in [6.07, 6.45) is 2.09. The Bertz CT molecular complexity index is 160. The molecule has 11 heavy (non-hydrogen) atoms. The second kappa shape index (κ2) is 5.72.